The lowest BCUT2D eigenvalue weighted by molar-refractivity contribution is -0.143. The Bertz CT molecular complexity index is 1470. The lowest BCUT2D eigenvalue weighted by Gasteiger charge is -2.22. The van der Waals surface area contributed by atoms with Crippen molar-refractivity contribution in [2.45, 2.75) is 482 Å². The maximum absolute atomic E-state index is 12.6. The van der Waals surface area contributed by atoms with Crippen LogP contribution in [0.4, 0.5) is 0 Å². The largest absolute Gasteiger partial charge is 0.466 e. The first-order chi connectivity index (χ1) is 45.0. The summed E-state index contributed by atoms with van der Waals surface area (Å²) in [5, 5.41) is 23.4. The van der Waals surface area contributed by atoms with E-state index in [4.69, 9.17) is 4.74 Å². The van der Waals surface area contributed by atoms with Crippen LogP contribution in [0.1, 0.15) is 470 Å². The molecule has 0 radical (unpaired) electrons. The van der Waals surface area contributed by atoms with Gasteiger partial charge in [0.2, 0.25) is 5.91 Å². The van der Waals surface area contributed by atoms with Gasteiger partial charge in [-0.1, -0.05) is 410 Å². The van der Waals surface area contributed by atoms with Crippen LogP contribution >= 0.6 is 0 Å². The van der Waals surface area contributed by atoms with Crippen LogP contribution in [0.5, 0.6) is 0 Å². The van der Waals surface area contributed by atoms with Gasteiger partial charge in [0, 0.05) is 12.8 Å². The molecule has 0 rings (SSSR count). The fourth-order valence-corrected chi connectivity index (χ4v) is 13.3. The van der Waals surface area contributed by atoms with E-state index in [1.807, 2.05) is 0 Å². The van der Waals surface area contributed by atoms with E-state index in [-0.39, 0.29) is 18.5 Å². The molecule has 0 aromatic heterocycles. The Balaban J connectivity index is 3.33. The lowest BCUT2D eigenvalue weighted by atomic mass is 10.0. The third-order valence-electron chi connectivity index (χ3n) is 19.7. The Morgan fingerprint density at radius 3 is 0.857 bits per heavy atom. The van der Waals surface area contributed by atoms with Gasteiger partial charge in [0.05, 0.1) is 25.4 Å². The Hall–Kier alpha value is -1.92. The van der Waals surface area contributed by atoms with E-state index in [9.17, 15) is 19.8 Å². The van der Waals surface area contributed by atoms with E-state index in [1.54, 1.807) is 0 Å². The molecule has 0 aliphatic carbocycles. The van der Waals surface area contributed by atoms with E-state index in [0.29, 0.717) is 25.9 Å². The molecule has 0 aliphatic heterocycles. The minimum atomic E-state index is -0.662. The maximum atomic E-state index is 12.6. The molecular formula is C85H163NO5. The van der Waals surface area contributed by atoms with E-state index in [2.05, 4.69) is 55.6 Å². The van der Waals surface area contributed by atoms with Crippen molar-refractivity contribution in [1.29, 1.82) is 0 Å². The molecular weight excluding hydrogens is 1110 g/mol. The molecule has 0 spiro atoms. The number of ether oxygens (including phenoxy) is 1. The number of carbonyl (C=O) groups is 2. The molecule has 2 unspecified atom stereocenters. The molecule has 3 N–H and O–H groups in total. The van der Waals surface area contributed by atoms with Crippen LogP contribution in [-0.4, -0.2) is 47.4 Å². The van der Waals surface area contributed by atoms with Gasteiger partial charge in [0.1, 0.15) is 0 Å². The molecule has 91 heavy (non-hydrogen) atoms. The number of allylic oxidation sites excluding steroid dienone is 6. The summed E-state index contributed by atoms with van der Waals surface area (Å²) in [5.74, 6) is -0.0113. The number of esters is 1. The molecule has 1 amide bonds. The number of aliphatic hydroxyl groups excluding tert-OH is 2. The predicted molar refractivity (Wildman–Crippen MR) is 403 cm³/mol. The average Bonchev–Trinajstić information content (AvgIpc) is 3.65. The van der Waals surface area contributed by atoms with Crippen molar-refractivity contribution >= 4 is 11.9 Å². The van der Waals surface area contributed by atoms with Gasteiger partial charge in [-0.2, -0.15) is 0 Å². The zero-order valence-electron chi connectivity index (χ0n) is 61.9. The number of unbranched alkanes of at least 4 members (excludes halogenated alkanes) is 62. The van der Waals surface area contributed by atoms with E-state index in [0.717, 1.165) is 51.4 Å². The van der Waals surface area contributed by atoms with Crippen molar-refractivity contribution in [3.8, 4) is 0 Å². The molecule has 0 aromatic carbocycles. The number of amides is 1. The molecule has 0 heterocycles. The Morgan fingerprint density at radius 1 is 0.308 bits per heavy atom. The van der Waals surface area contributed by atoms with E-state index < -0.39 is 12.1 Å². The van der Waals surface area contributed by atoms with Crippen LogP contribution in [0.15, 0.2) is 36.5 Å². The number of nitrogens with one attached hydrogen (secondary N) is 1. The predicted octanol–water partition coefficient (Wildman–Crippen LogP) is 27.8. The molecule has 2 atom stereocenters. The number of hydrogen-bond acceptors (Lipinski definition) is 5. The van der Waals surface area contributed by atoms with E-state index in [1.165, 1.54) is 385 Å². The number of aliphatic hydroxyl groups is 2. The molecule has 0 aromatic rings. The van der Waals surface area contributed by atoms with Gasteiger partial charge in [0.25, 0.3) is 0 Å². The summed E-state index contributed by atoms with van der Waals surface area (Å²) in [7, 11) is 0. The average molecular weight is 1280 g/mol. The summed E-state index contributed by atoms with van der Waals surface area (Å²) in [6, 6.07) is -0.539. The lowest BCUT2D eigenvalue weighted by Crippen LogP contribution is -2.45. The van der Waals surface area contributed by atoms with Crippen molar-refractivity contribution in [3.05, 3.63) is 36.5 Å². The minimum absolute atomic E-state index is 0.0149. The van der Waals surface area contributed by atoms with Gasteiger partial charge in [-0.3, -0.25) is 9.59 Å². The van der Waals surface area contributed by atoms with Gasteiger partial charge in [-0.05, 0) is 83.5 Å². The van der Waals surface area contributed by atoms with Crippen LogP contribution in [0.25, 0.3) is 0 Å². The summed E-state index contributed by atoms with van der Waals surface area (Å²) >= 11 is 0. The SMILES string of the molecule is CCCCCC/C=C\C/C=C\CCCCCCCCCC(=O)OCCCCCCCCCCCCCCCCCC/C=C\CCCCCCCCCCCCCCCCCCCC(=O)NC(CO)C(O)CCCCCCCCCCCCCCCCCCCCC. The summed E-state index contributed by atoms with van der Waals surface area (Å²) in [6.45, 7) is 4.99. The zero-order valence-corrected chi connectivity index (χ0v) is 61.9. The molecule has 0 aliphatic rings. The monoisotopic (exact) mass is 1280 g/mol. The second kappa shape index (κ2) is 80.5. The number of hydrogen-bond donors (Lipinski definition) is 3. The van der Waals surface area contributed by atoms with Crippen molar-refractivity contribution < 1.29 is 24.5 Å². The smallest absolute Gasteiger partial charge is 0.305 e. The maximum Gasteiger partial charge on any atom is 0.305 e. The summed E-state index contributed by atoms with van der Waals surface area (Å²) in [5.41, 5.74) is 0. The van der Waals surface area contributed by atoms with Crippen LogP contribution in [0, 0.1) is 0 Å². The van der Waals surface area contributed by atoms with Crippen LogP contribution in [0.3, 0.4) is 0 Å². The van der Waals surface area contributed by atoms with Crippen molar-refractivity contribution in [3.63, 3.8) is 0 Å². The topological polar surface area (TPSA) is 95.9 Å². The van der Waals surface area contributed by atoms with Crippen molar-refractivity contribution in [1.82, 2.24) is 5.32 Å². The van der Waals surface area contributed by atoms with Gasteiger partial charge in [-0.25, -0.2) is 0 Å². The van der Waals surface area contributed by atoms with Crippen LogP contribution < -0.4 is 5.32 Å². The molecule has 6 heteroatoms. The number of rotatable bonds is 79. The first-order valence-electron chi connectivity index (χ1n) is 41.7. The third kappa shape index (κ3) is 77.0. The van der Waals surface area contributed by atoms with Gasteiger partial charge in [0.15, 0.2) is 0 Å². The normalized spacial score (nSPS) is 12.6. The zero-order chi connectivity index (χ0) is 65.6. The molecule has 0 bridgehead atoms. The summed E-state index contributed by atoms with van der Waals surface area (Å²) < 4.78 is 5.51. The van der Waals surface area contributed by atoms with Gasteiger partial charge in [-0.15, -0.1) is 0 Å². The quantitative estimate of drug-likeness (QED) is 0.0320. The minimum Gasteiger partial charge on any atom is -0.466 e. The van der Waals surface area contributed by atoms with E-state index >= 15 is 0 Å². The van der Waals surface area contributed by atoms with Crippen LogP contribution in [-0.2, 0) is 14.3 Å². The standard InChI is InChI=1S/C85H163NO5/c1-3-5-7-9-11-13-15-17-19-21-42-45-49-53-57-61-65-69-73-77-83(88)82(81-87)86-84(89)78-74-70-66-62-58-54-50-46-43-40-38-36-34-32-30-28-26-24-23-25-27-29-31-33-35-37-39-41-44-48-52-56-60-64-68-72-76-80-91-85(90)79-75-71-67-63-59-55-51-47-22-20-18-16-14-12-10-8-6-4-2/h14,16,20,22-23,25,82-83,87-88H,3-13,15,17-19,21,24,26-81H2,1-2H3,(H,86,89)/b16-14-,22-20-,25-23-. The first kappa shape index (κ1) is 89.1. The highest BCUT2D eigenvalue weighted by molar-refractivity contribution is 5.76. The molecule has 6 nitrogen and oxygen atoms in total. The fraction of sp³-hybridized carbons (Fsp3) is 0.906. The second-order valence-electron chi connectivity index (χ2n) is 28.8. The van der Waals surface area contributed by atoms with Crippen molar-refractivity contribution in [2.24, 2.45) is 0 Å². The summed E-state index contributed by atoms with van der Waals surface area (Å²) in [6.07, 6.45) is 105. The highest BCUT2D eigenvalue weighted by atomic mass is 16.5. The fourth-order valence-electron chi connectivity index (χ4n) is 13.3. The third-order valence-corrected chi connectivity index (χ3v) is 19.7. The Kier molecular flexibility index (Phi) is 78.8. The second-order valence-corrected chi connectivity index (χ2v) is 28.8. The Labute approximate surface area is 570 Å². The number of carbonyl (C=O) groups excluding carboxylic acids is 2. The highest BCUT2D eigenvalue weighted by Crippen LogP contribution is 2.20. The van der Waals surface area contributed by atoms with Gasteiger partial charge < -0.3 is 20.3 Å². The molecule has 538 valence electrons. The molecule has 0 saturated heterocycles. The molecule has 0 saturated carbocycles. The first-order valence-corrected chi connectivity index (χ1v) is 41.7. The van der Waals surface area contributed by atoms with Crippen LogP contribution in [0.2, 0.25) is 0 Å². The summed E-state index contributed by atoms with van der Waals surface area (Å²) in [4.78, 5) is 24.7. The van der Waals surface area contributed by atoms with Gasteiger partial charge >= 0.3 is 5.97 Å². The molecule has 0 fully saturated rings. The highest BCUT2D eigenvalue weighted by Gasteiger charge is 2.20. The van der Waals surface area contributed by atoms with Crippen molar-refractivity contribution in [2.75, 3.05) is 13.2 Å². The Morgan fingerprint density at radius 2 is 0.549 bits per heavy atom.